The van der Waals surface area contributed by atoms with E-state index >= 15 is 0 Å². The number of carbonyl (C=O) groups excluding carboxylic acids is 2. The van der Waals surface area contributed by atoms with Gasteiger partial charge in [-0.3, -0.25) is 0 Å². The number of oxime groups is 1. The number of amides is 1. The van der Waals surface area contributed by atoms with Crippen LogP contribution in [0.1, 0.15) is 40.5 Å². The lowest BCUT2D eigenvalue weighted by Gasteiger charge is -2.22. The number of aliphatic carboxylic acids is 1. The van der Waals surface area contributed by atoms with Crippen molar-refractivity contribution in [3.63, 3.8) is 0 Å². The number of rotatable bonds is 6. The molecule has 9 heteroatoms. The summed E-state index contributed by atoms with van der Waals surface area (Å²) in [5, 5.41) is 15.0. The van der Waals surface area contributed by atoms with Gasteiger partial charge in [0.15, 0.2) is 5.71 Å². The minimum absolute atomic E-state index is 0.0546. The van der Waals surface area contributed by atoms with Gasteiger partial charge in [0.2, 0.25) is 0 Å². The maximum atomic E-state index is 11.7. The van der Waals surface area contributed by atoms with Gasteiger partial charge in [0.1, 0.15) is 17.7 Å². The minimum atomic E-state index is -1.23. The van der Waals surface area contributed by atoms with E-state index in [1.807, 2.05) is 0 Å². The zero-order valence-electron chi connectivity index (χ0n) is 13.6. The lowest BCUT2D eigenvalue weighted by molar-refractivity contribution is -0.140. The van der Waals surface area contributed by atoms with E-state index in [0.717, 1.165) is 0 Å². The molecule has 0 fully saturated rings. The fourth-order valence-corrected chi connectivity index (χ4v) is 1.82. The van der Waals surface area contributed by atoms with Gasteiger partial charge in [-0.25, -0.2) is 14.4 Å². The summed E-state index contributed by atoms with van der Waals surface area (Å²) in [6.07, 6.45) is -1.40. The largest absolute Gasteiger partial charge is 0.480 e. The van der Waals surface area contributed by atoms with Gasteiger partial charge in [0, 0.05) is 12.8 Å². The molecule has 0 unspecified atom stereocenters. The summed E-state index contributed by atoms with van der Waals surface area (Å²) in [4.78, 5) is 39.4. The highest BCUT2D eigenvalue weighted by Gasteiger charge is 2.33. The molecule has 1 aliphatic heterocycles. The Kier molecular flexibility index (Phi) is 6.35. The van der Waals surface area contributed by atoms with Gasteiger partial charge in [-0.05, 0) is 27.7 Å². The summed E-state index contributed by atoms with van der Waals surface area (Å²) in [5.41, 5.74) is -0.643. The Morgan fingerprint density at radius 3 is 2.61 bits per heavy atom. The van der Waals surface area contributed by atoms with Gasteiger partial charge >= 0.3 is 18.0 Å². The lowest BCUT2D eigenvalue weighted by Crippen LogP contribution is -2.45. The molecular weight excluding hydrogens is 308 g/mol. The van der Waals surface area contributed by atoms with Crippen molar-refractivity contribution in [2.75, 3.05) is 6.61 Å². The SMILES string of the molecule is CCOC(=O)C1=NO[C@@H](C[C@H](NC(=O)OC(C)(C)C)C(=O)O)C1. The second-order valence-electron chi connectivity index (χ2n) is 5.96. The molecule has 2 atom stereocenters. The van der Waals surface area contributed by atoms with E-state index in [2.05, 4.69) is 10.5 Å². The van der Waals surface area contributed by atoms with Crippen LogP contribution in [0.5, 0.6) is 0 Å². The normalized spacial score (nSPS) is 18.4. The first kappa shape index (κ1) is 18.7. The Morgan fingerprint density at radius 1 is 1.43 bits per heavy atom. The van der Waals surface area contributed by atoms with Crippen LogP contribution in [0, 0.1) is 0 Å². The van der Waals surface area contributed by atoms with Crippen molar-refractivity contribution in [1.82, 2.24) is 5.32 Å². The van der Waals surface area contributed by atoms with Crippen LogP contribution in [-0.4, -0.2) is 53.2 Å². The molecule has 0 spiro atoms. The third kappa shape index (κ3) is 6.54. The van der Waals surface area contributed by atoms with Crippen molar-refractivity contribution in [2.45, 2.75) is 58.3 Å². The Morgan fingerprint density at radius 2 is 2.09 bits per heavy atom. The number of carboxylic acids is 1. The number of alkyl carbamates (subject to hydrolysis) is 1. The molecule has 23 heavy (non-hydrogen) atoms. The molecule has 1 rings (SSSR count). The third-order valence-electron chi connectivity index (χ3n) is 2.73. The van der Waals surface area contributed by atoms with Crippen molar-refractivity contribution >= 4 is 23.7 Å². The minimum Gasteiger partial charge on any atom is -0.480 e. The maximum Gasteiger partial charge on any atom is 0.408 e. The summed E-state index contributed by atoms with van der Waals surface area (Å²) in [6.45, 7) is 6.88. The van der Waals surface area contributed by atoms with Crippen molar-refractivity contribution in [3.8, 4) is 0 Å². The summed E-state index contributed by atoms with van der Waals surface area (Å²) in [6, 6.07) is -1.22. The molecule has 0 aliphatic carbocycles. The van der Waals surface area contributed by atoms with E-state index in [1.54, 1.807) is 27.7 Å². The van der Waals surface area contributed by atoms with Gasteiger partial charge < -0.3 is 24.7 Å². The van der Waals surface area contributed by atoms with Crippen molar-refractivity contribution < 1.29 is 33.8 Å². The van der Waals surface area contributed by atoms with E-state index in [0.29, 0.717) is 0 Å². The van der Waals surface area contributed by atoms with Crippen LogP contribution in [0.3, 0.4) is 0 Å². The van der Waals surface area contributed by atoms with Gasteiger partial charge in [0.25, 0.3) is 0 Å². The van der Waals surface area contributed by atoms with Crippen LogP contribution in [0.2, 0.25) is 0 Å². The highest BCUT2D eigenvalue weighted by Crippen LogP contribution is 2.17. The highest BCUT2D eigenvalue weighted by molar-refractivity contribution is 6.36. The zero-order chi connectivity index (χ0) is 17.6. The molecule has 1 aliphatic rings. The summed E-state index contributed by atoms with van der Waals surface area (Å²) < 4.78 is 9.81. The molecular formula is C14H22N2O7. The highest BCUT2D eigenvalue weighted by atomic mass is 16.6. The first-order chi connectivity index (χ1) is 10.6. The first-order valence-electron chi connectivity index (χ1n) is 7.24. The number of nitrogens with one attached hydrogen (secondary N) is 1. The van der Waals surface area contributed by atoms with E-state index in [1.165, 1.54) is 0 Å². The second-order valence-corrected chi connectivity index (χ2v) is 5.96. The number of hydrogen-bond donors (Lipinski definition) is 2. The Labute approximate surface area is 133 Å². The van der Waals surface area contributed by atoms with Gasteiger partial charge in [0.05, 0.1) is 6.61 Å². The topological polar surface area (TPSA) is 124 Å². The molecule has 0 aromatic rings. The predicted molar refractivity (Wildman–Crippen MR) is 79.0 cm³/mol. The van der Waals surface area contributed by atoms with Crippen molar-refractivity contribution in [2.24, 2.45) is 5.16 Å². The summed E-state index contributed by atoms with van der Waals surface area (Å²) in [5.74, 6) is -1.83. The zero-order valence-corrected chi connectivity index (χ0v) is 13.6. The van der Waals surface area contributed by atoms with E-state index in [9.17, 15) is 19.5 Å². The van der Waals surface area contributed by atoms with Crippen molar-refractivity contribution in [3.05, 3.63) is 0 Å². The Balaban J connectivity index is 2.54. The molecule has 2 N–H and O–H groups in total. The van der Waals surface area contributed by atoms with Crippen LogP contribution in [-0.2, 0) is 23.9 Å². The van der Waals surface area contributed by atoms with Crippen molar-refractivity contribution in [1.29, 1.82) is 0 Å². The van der Waals surface area contributed by atoms with Crippen LogP contribution in [0.25, 0.3) is 0 Å². The average Bonchev–Trinajstić information content (AvgIpc) is 2.84. The molecule has 130 valence electrons. The first-order valence-corrected chi connectivity index (χ1v) is 7.24. The third-order valence-corrected chi connectivity index (χ3v) is 2.73. The van der Waals surface area contributed by atoms with Gasteiger partial charge in [-0.15, -0.1) is 0 Å². The van der Waals surface area contributed by atoms with Crippen LogP contribution < -0.4 is 5.32 Å². The maximum absolute atomic E-state index is 11.7. The molecule has 0 saturated carbocycles. The van der Waals surface area contributed by atoms with E-state index in [-0.39, 0.29) is 25.2 Å². The monoisotopic (exact) mass is 330 g/mol. The van der Waals surface area contributed by atoms with Crippen LogP contribution in [0.4, 0.5) is 4.79 Å². The fraction of sp³-hybridized carbons (Fsp3) is 0.714. The Bertz CT molecular complexity index is 496. The summed E-state index contributed by atoms with van der Waals surface area (Å²) in [7, 11) is 0. The molecule has 1 heterocycles. The fourth-order valence-electron chi connectivity index (χ4n) is 1.82. The molecule has 0 saturated heterocycles. The number of esters is 1. The van der Waals surface area contributed by atoms with E-state index in [4.69, 9.17) is 14.3 Å². The number of hydrogen-bond acceptors (Lipinski definition) is 7. The molecule has 0 radical (unpaired) electrons. The van der Waals surface area contributed by atoms with E-state index < -0.39 is 35.8 Å². The van der Waals surface area contributed by atoms with Crippen LogP contribution >= 0.6 is 0 Å². The average molecular weight is 330 g/mol. The molecule has 0 bridgehead atoms. The smallest absolute Gasteiger partial charge is 0.408 e. The van der Waals surface area contributed by atoms with Gasteiger partial charge in [-0.1, -0.05) is 5.16 Å². The molecule has 0 aromatic carbocycles. The number of nitrogens with zero attached hydrogens (tertiary/aromatic N) is 1. The second kappa shape index (κ2) is 7.80. The quantitative estimate of drug-likeness (QED) is 0.698. The molecule has 0 aromatic heterocycles. The lowest BCUT2D eigenvalue weighted by atomic mass is 10.0. The van der Waals surface area contributed by atoms with Gasteiger partial charge in [-0.2, -0.15) is 0 Å². The molecule has 9 nitrogen and oxygen atoms in total. The van der Waals surface area contributed by atoms with Crippen LogP contribution in [0.15, 0.2) is 5.16 Å². The predicted octanol–water partition coefficient (Wildman–Crippen LogP) is 1.06. The summed E-state index contributed by atoms with van der Waals surface area (Å²) >= 11 is 0. The number of carbonyl (C=O) groups is 3. The Hall–Kier alpha value is -2.32. The number of carboxylic acid groups (broad SMARTS) is 1. The molecule has 1 amide bonds. The number of ether oxygens (including phenoxy) is 2. The standard InChI is InChI=1S/C14H22N2O7/c1-5-21-12(19)10-7-8(23-16-10)6-9(11(17)18)15-13(20)22-14(2,3)4/h8-9H,5-7H2,1-4H3,(H,15,20)(H,17,18)/t8-,9-/m0/s1.